The van der Waals surface area contributed by atoms with Crippen LogP contribution in [0.3, 0.4) is 0 Å². The van der Waals surface area contributed by atoms with Gasteiger partial charge in [0.2, 0.25) is 10.0 Å². The molecular formula is C26H30N4O6S. The lowest BCUT2D eigenvalue weighted by Crippen LogP contribution is -2.35. The molecule has 1 aliphatic heterocycles. The summed E-state index contributed by atoms with van der Waals surface area (Å²) >= 11 is 0. The molecule has 1 unspecified atom stereocenters. The molecule has 11 heteroatoms. The molecule has 0 saturated carbocycles. The molecule has 0 radical (unpaired) electrons. The Balaban J connectivity index is 1.48. The number of carbonyl (C=O) groups excluding carboxylic acids is 2. The molecule has 4 rings (SSSR count). The van der Waals surface area contributed by atoms with Gasteiger partial charge in [0.1, 0.15) is 5.69 Å². The van der Waals surface area contributed by atoms with Crippen molar-refractivity contribution in [2.45, 2.75) is 44.1 Å². The summed E-state index contributed by atoms with van der Waals surface area (Å²) in [4.78, 5) is 38.6. The van der Waals surface area contributed by atoms with Crippen LogP contribution in [0.25, 0.3) is 5.69 Å². The van der Waals surface area contributed by atoms with Gasteiger partial charge in [-0.05, 0) is 57.0 Å². The van der Waals surface area contributed by atoms with Crippen LogP contribution in [0.15, 0.2) is 64.3 Å². The average Bonchev–Trinajstić information content (AvgIpc) is 3.12. The van der Waals surface area contributed by atoms with E-state index < -0.39 is 33.6 Å². The third-order valence-corrected chi connectivity index (χ3v) is 8.37. The maximum absolute atomic E-state index is 13.0. The molecule has 1 fully saturated rings. The number of carbonyl (C=O) groups is 2. The van der Waals surface area contributed by atoms with Crippen molar-refractivity contribution in [3.8, 4) is 5.69 Å². The van der Waals surface area contributed by atoms with E-state index in [9.17, 15) is 22.8 Å². The third-order valence-electron chi connectivity index (χ3n) is 6.48. The second-order valence-corrected chi connectivity index (χ2v) is 10.9. The first-order chi connectivity index (χ1) is 17.6. The maximum Gasteiger partial charge on any atom is 0.338 e. The van der Waals surface area contributed by atoms with E-state index in [4.69, 9.17) is 4.74 Å². The Bertz CT molecular complexity index is 1470. The van der Waals surface area contributed by atoms with Gasteiger partial charge >= 0.3 is 5.97 Å². The van der Waals surface area contributed by atoms with Crippen LogP contribution in [0.4, 0.5) is 5.69 Å². The lowest BCUT2D eigenvalue weighted by Gasteiger charge is -2.26. The Kier molecular flexibility index (Phi) is 7.65. The molecule has 196 valence electrons. The van der Waals surface area contributed by atoms with Crippen molar-refractivity contribution in [1.82, 2.24) is 13.7 Å². The van der Waals surface area contributed by atoms with Gasteiger partial charge in [0, 0.05) is 20.1 Å². The number of anilines is 1. The lowest BCUT2D eigenvalue weighted by molar-refractivity contribution is -0.123. The number of sulfonamides is 1. The fourth-order valence-corrected chi connectivity index (χ4v) is 5.82. The standard InChI is InChI=1S/C26H30N4O6S/c1-18-23(25(32)30(28(18)3)21-12-6-4-7-13-21)27-24(31)19(2)36-26(33)20-11-10-14-22(17-20)37(34,35)29-15-8-5-9-16-29/h4,6-7,10-14,17,19H,5,8-9,15-16H2,1-3H3,(H,27,31). The molecule has 1 amide bonds. The number of benzene rings is 2. The van der Waals surface area contributed by atoms with Crippen LogP contribution in [-0.2, 0) is 26.6 Å². The molecule has 1 N–H and O–H groups in total. The highest BCUT2D eigenvalue weighted by Gasteiger charge is 2.28. The summed E-state index contributed by atoms with van der Waals surface area (Å²) in [7, 11) is -2.03. The number of nitrogens with zero attached hydrogens (tertiary/aromatic N) is 3. The minimum atomic E-state index is -3.73. The molecular weight excluding hydrogens is 496 g/mol. The van der Waals surface area contributed by atoms with Crippen LogP contribution in [0.5, 0.6) is 0 Å². The summed E-state index contributed by atoms with van der Waals surface area (Å²) in [5, 5.41) is 2.57. The predicted octanol–water partition coefficient (Wildman–Crippen LogP) is 2.84. The van der Waals surface area contributed by atoms with Gasteiger partial charge in [0.15, 0.2) is 6.10 Å². The van der Waals surface area contributed by atoms with Crippen molar-refractivity contribution in [1.29, 1.82) is 0 Å². The molecule has 0 spiro atoms. The predicted molar refractivity (Wildman–Crippen MR) is 138 cm³/mol. The molecule has 10 nitrogen and oxygen atoms in total. The van der Waals surface area contributed by atoms with Crippen molar-refractivity contribution >= 4 is 27.6 Å². The third kappa shape index (κ3) is 5.37. The van der Waals surface area contributed by atoms with E-state index in [1.165, 1.54) is 40.2 Å². The normalized spacial score (nSPS) is 15.2. The van der Waals surface area contributed by atoms with Crippen molar-refractivity contribution in [3.63, 3.8) is 0 Å². The van der Waals surface area contributed by atoms with E-state index in [0.29, 0.717) is 24.5 Å². The number of aromatic nitrogens is 2. The van der Waals surface area contributed by atoms with Crippen LogP contribution in [0, 0.1) is 6.92 Å². The van der Waals surface area contributed by atoms with Gasteiger partial charge in [-0.3, -0.25) is 14.3 Å². The van der Waals surface area contributed by atoms with Crippen LogP contribution >= 0.6 is 0 Å². The number of amides is 1. The number of nitrogens with one attached hydrogen (secondary N) is 1. The number of hydrogen-bond acceptors (Lipinski definition) is 6. The van der Waals surface area contributed by atoms with E-state index in [0.717, 1.165) is 19.3 Å². The first kappa shape index (κ1) is 26.4. The highest BCUT2D eigenvalue weighted by atomic mass is 32.2. The van der Waals surface area contributed by atoms with Crippen LogP contribution in [0.1, 0.15) is 42.2 Å². The minimum absolute atomic E-state index is 0.00216. The summed E-state index contributed by atoms with van der Waals surface area (Å²) < 4.78 is 35.7. The Morgan fingerprint density at radius 2 is 1.68 bits per heavy atom. The van der Waals surface area contributed by atoms with Crippen LogP contribution in [0.2, 0.25) is 0 Å². The summed E-state index contributed by atoms with van der Waals surface area (Å²) in [5.41, 5.74) is 0.830. The zero-order valence-electron chi connectivity index (χ0n) is 21.0. The molecule has 1 aliphatic rings. The average molecular weight is 527 g/mol. The summed E-state index contributed by atoms with van der Waals surface area (Å²) in [6, 6.07) is 14.6. The molecule has 0 bridgehead atoms. The van der Waals surface area contributed by atoms with Gasteiger partial charge in [-0.1, -0.05) is 30.7 Å². The van der Waals surface area contributed by atoms with Crippen molar-refractivity contribution < 1.29 is 22.7 Å². The number of hydrogen-bond donors (Lipinski definition) is 1. The number of esters is 1. The second-order valence-electron chi connectivity index (χ2n) is 8.97. The molecule has 1 saturated heterocycles. The zero-order chi connectivity index (χ0) is 26.7. The van der Waals surface area contributed by atoms with Gasteiger partial charge in [-0.2, -0.15) is 4.31 Å². The van der Waals surface area contributed by atoms with Crippen molar-refractivity contribution in [2.24, 2.45) is 7.05 Å². The van der Waals surface area contributed by atoms with Gasteiger partial charge in [-0.15, -0.1) is 0 Å². The molecule has 1 atom stereocenters. The van der Waals surface area contributed by atoms with Gasteiger partial charge in [0.05, 0.1) is 21.8 Å². The summed E-state index contributed by atoms with van der Waals surface area (Å²) in [6.45, 7) is 3.97. The zero-order valence-corrected chi connectivity index (χ0v) is 21.8. The SMILES string of the molecule is Cc1c(NC(=O)C(C)OC(=O)c2cccc(S(=O)(=O)N3CCCCC3)c2)c(=O)n(-c2ccccc2)n1C. The number of ether oxygens (including phenoxy) is 1. The van der Waals surface area contributed by atoms with Gasteiger partial charge < -0.3 is 10.1 Å². The minimum Gasteiger partial charge on any atom is -0.449 e. The molecule has 2 aromatic carbocycles. The fourth-order valence-electron chi connectivity index (χ4n) is 4.26. The van der Waals surface area contributed by atoms with Crippen LogP contribution < -0.4 is 10.9 Å². The first-order valence-corrected chi connectivity index (χ1v) is 13.5. The van der Waals surface area contributed by atoms with E-state index in [-0.39, 0.29) is 16.1 Å². The topological polar surface area (TPSA) is 120 Å². The van der Waals surface area contributed by atoms with E-state index in [2.05, 4.69) is 5.32 Å². The van der Waals surface area contributed by atoms with Crippen LogP contribution in [-0.4, -0.2) is 53.2 Å². The van der Waals surface area contributed by atoms with E-state index in [1.807, 2.05) is 6.07 Å². The maximum atomic E-state index is 13.0. The highest BCUT2D eigenvalue weighted by Crippen LogP contribution is 2.22. The smallest absolute Gasteiger partial charge is 0.338 e. The summed E-state index contributed by atoms with van der Waals surface area (Å²) in [6.07, 6.45) is 1.34. The molecule has 0 aliphatic carbocycles. The molecule has 3 aromatic rings. The monoisotopic (exact) mass is 526 g/mol. The Hall–Kier alpha value is -3.70. The number of para-hydroxylation sites is 1. The number of rotatable bonds is 7. The highest BCUT2D eigenvalue weighted by molar-refractivity contribution is 7.89. The largest absolute Gasteiger partial charge is 0.449 e. The Morgan fingerprint density at radius 3 is 2.35 bits per heavy atom. The fraction of sp³-hybridized carbons (Fsp3) is 0.346. The van der Waals surface area contributed by atoms with Gasteiger partial charge in [0.25, 0.3) is 11.5 Å². The van der Waals surface area contributed by atoms with Gasteiger partial charge in [-0.25, -0.2) is 17.9 Å². The molecule has 1 aromatic heterocycles. The Morgan fingerprint density at radius 1 is 1.00 bits per heavy atom. The second kappa shape index (κ2) is 10.7. The lowest BCUT2D eigenvalue weighted by atomic mass is 10.2. The van der Waals surface area contributed by atoms with Crippen molar-refractivity contribution in [2.75, 3.05) is 18.4 Å². The van der Waals surface area contributed by atoms with E-state index >= 15 is 0 Å². The number of piperidine rings is 1. The molecule has 37 heavy (non-hydrogen) atoms. The quantitative estimate of drug-likeness (QED) is 0.473. The first-order valence-electron chi connectivity index (χ1n) is 12.1. The Labute approximate surface area is 215 Å². The molecule has 2 heterocycles. The van der Waals surface area contributed by atoms with E-state index in [1.54, 1.807) is 42.9 Å². The van der Waals surface area contributed by atoms with Crippen molar-refractivity contribution in [3.05, 3.63) is 76.2 Å². The summed E-state index contributed by atoms with van der Waals surface area (Å²) in [5.74, 6) is -1.53.